The molecule has 25 heavy (non-hydrogen) atoms. The van der Waals surface area contributed by atoms with Gasteiger partial charge in [-0.25, -0.2) is 5.43 Å². The summed E-state index contributed by atoms with van der Waals surface area (Å²) in [5.74, 6) is -0.230. The van der Waals surface area contributed by atoms with Crippen LogP contribution >= 0.6 is 31.9 Å². The number of hydrazone groups is 1. The summed E-state index contributed by atoms with van der Waals surface area (Å²) >= 11 is 6.62. The van der Waals surface area contributed by atoms with Crippen LogP contribution in [0.1, 0.15) is 15.9 Å². The van der Waals surface area contributed by atoms with Gasteiger partial charge in [-0.3, -0.25) is 4.79 Å². The van der Waals surface area contributed by atoms with E-state index in [9.17, 15) is 9.90 Å². The van der Waals surface area contributed by atoms with Crippen molar-refractivity contribution in [2.75, 3.05) is 0 Å². The maximum atomic E-state index is 12.5. The van der Waals surface area contributed by atoms with Gasteiger partial charge in [-0.1, -0.05) is 28.1 Å². The molecule has 0 bridgehead atoms. The van der Waals surface area contributed by atoms with Gasteiger partial charge in [-0.05, 0) is 52.3 Å². The van der Waals surface area contributed by atoms with Crippen LogP contribution in [0, 0.1) is 0 Å². The van der Waals surface area contributed by atoms with Gasteiger partial charge in [-0.15, -0.1) is 0 Å². The van der Waals surface area contributed by atoms with Crippen molar-refractivity contribution in [2.45, 2.75) is 0 Å². The van der Waals surface area contributed by atoms with Gasteiger partial charge in [0, 0.05) is 22.4 Å². The van der Waals surface area contributed by atoms with Gasteiger partial charge in [0.05, 0.1) is 21.9 Å². The Kier molecular flexibility index (Phi) is 5.35. The van der Waals surface area contributed by atoms with Crippen molar-refractivity contribution in [3.8, 4) is 11.4 Å². The molecule has 126 valence electrons. The number of hydrogen-bond acceptors (Lipinski definition) is 3. The summed E-state index contributed by atoms with van der Waals surface area (Å²) in [5, 5.41) is 13.7. The van der Waals surface area contributed by atoms with Gasteiger partial charge >= 0.3 is 0 Å². The summed E-state index contributed by atoms with van der Waals surface area (Å²) in [4.78, 5) is 12.5. The second-order valence-electron chi connectivity index (χ2n) is 5.13. The lowest BCUT2D eigenvalue weighted by Crippen LogP contribution is -2.19. The zero-order chi connectivity index (χ0) is 17.8. The van der Waals surface area contributed by atoms with E-state index in [2.05, 4.69) is 42.4 Å². The molecule has 2 N–H and O–H groups in total. The number of benzene rings is 2. The third kappa shape index (κ3) is 4.00. The van der Waals surface area contributed by atoms with Crippen LogP contribution in [0.4, 0.5) is 0 Å². The van der Waals surface area contributed by atoms with E-state index in [4.69, 9.17) is 0 Å². The van der Waals surface area contributed by atoms with Crippen LogP contribution in [0.25, 0.3) is 5.69 Å². The van der Waals surface area contributed by atoms with Crippen molar-refractivity contribution in [3.63, 3.8) is 0 Å². The Balaban J connectivity index is 1.79. The zero-order valence-electron chi connectivity index (χ0n) is 12.9. The van der Waals surface area contributed by atoms with Crippen LogP contribution in [0.3, 0.4) is 0 Å². The van der Waals surface area contributed by atoms with E-state index >= 15 is 0 Å². The molecule has 0 saturated carbocycles. The molecule has 0 radical (unpaired) electrons. The molecule has 3 aromatic rings. The number of carbonyl (C=O) groups is 1. The molecule has 0 atom stereocenters. The Morgan fingerprint density at radius 2 is 1.80 bits per heavy atom. The number of aromatic hydroxyl groups is 1. The maximum absolute atomic E-state index is 12.5. The van der Waals surface area contributed by atoms with Crippen LogP contribution < -0.4 is 5.43 Å². The van der Waals surface area contributed by atoms with Crippen molar-refractivity contribution in [2.24, 2.45) is 5.10 Å². The lowest BCUT2D eigenvalue weighted by atomic mass is 10.1. The van der Waals surface area contributed by atoms with Gasteiger partial charge in [0.25, 0.3) is 5.91 Å². The number of para-hydroxylation sites is 1. The number of amides is 1. The molecule has 1 heterocycles. The number of carbonyl (C=O) groups excluding carboxylic acids is 1. The van der Waals surface area contributed by atoms with Crippen molar-refractivity contribution >= 4 is 44.0 Å². The molecule has 3 rings (SSSR count). The van der Waals surface area contributed by atoms with E-state index in [0.29, 0.717) is 15.6 Å². The fourth-order valence-electron chi connectivity index (χ4n) is 2.26. The molecule has 5 nitrogen and oxygen atoms in total. The number of aromatic nitrogens is 1. The third-order valence-corrected chi connectivity index (χ3v) is 4.79. The number of nitrogens with zero attached hydrogens (tertiary/aromatic N) is 2. The lowest BCUT2D eigenvalue weighted by molar-refractivity contribution is 0.0955. The average molecular weight is 463 g/mol. The molecule has 0 aliphatic rings. The summed E-state index contributed by atoms with van der Waals surface area (Å²) in [6.45, 7) is 0. The normalized spacial score (nSPS) is 11.0. The standard InChI is InChI=1S/C18H13Br2N3O2/c19-14-10-15(20)17(24)9-12(14)11-21-22-18(25)13-5-1-2-6-16(13)23-7-3-4-8-23/h1-11,24H,(H,22,25). The largest absolute Gasteiger partial charge is 0.507 e. The number of phenols is 1. The number of rotatable bonds is 4. The fraction of sp³-hybridized carbons (Fsp3) is 0. The molecule has 1 aromatic heterocycles. The van der Waals surface area contributed by atoms with Crippen molar-refractivity contribution in [1.29, 1.82) is 0 Å². The monoisotopic (exact) mass is 461 g/mol. The van der Waals surface area contributed by atoms with Gasteiger partial charge in [0.15, 0.2) is 0 Å². The molecule has 0 unspecified atom stereocenters. The minimum Gasteiger partial charge on any atom is -0.507 e. The Hall–Kier alpha value is -2.38. The van der Waals surface area contributed by atoms with Crippen LogP contribution in [-0.4, -0.2) is 21.8 Å². The molecule has 0 saturated heterocycles. The first-order chi connectivity index (χ1) is 12.1. The smallest absolute Gasteiger partial charge is 0.273 e. The third-order valence-electron chi connectivity index (χ3n) is 3.47. The highest BCUT2D eigenvalue weighted by atomic mass is 79.9. The quantitative estimate of drug-likeness (QED) is 0.443. The van der Waals surface area contributed by atoms with Gasteiger partial charge < -0.3 is 9.67 Å². The molecule has 0 fully saturated rings. The van der Waals surface area contributed by atoms with Crippen LogP contribution in [0.2, 0.25) is 0 Å². The summed E-state index contributed by atoms with van der Waals surface area (Å²) in [6.07, 6.45) is 5.21. The van der Waals surface area contributed by atoms with Gasteiger partial charge in [0.1, 0.15) is 5.75 Å². The predicted molar refractivity (Wildman–Crippen MR) is 104 cm³/mol. The van der Waals surface area contributed by atoms with E-state index in [1.807, 2.05) is 41.2 Å². The highest BCUT2D eigenvalue weighted by Crippen LogP contribution is 2.29. The Morgan fingerprint density at radius 1 is 1.08 bits per heavy atom. The first-order valence-electron chi connectivity index (χ1n) is 7.30. The van der Waals surface area contributed by atoms with Crippen molar-refractivity contribution in [3.05, 3.63) is 81.0 Å². The molecular weight excluding hydrogens is 450 g/mol. The molecule has 0 aliphatic carbocycles. The maximum Gasteiger partial charge on any atom is 0.273 e. The highest BCUT2D eigenvalue weighted by molar-refractivity contribution is 9.11. The van der Waals surface area contributed by atoms with Gasteiger partial charge in [-0.2, -0.15) is 5.10 Å². The average Bonchev–Trinajstić information content (AvgIpc) is 3.13. The van der Waals surface area contributed by atoms with Crippen molar-refractivity contribution < 1.29 is 9.90 Å². The number of halogens is 2. The summed E-state index contributed by atoms with van der Waals surface area (Å²) in [6, 6.07) is 14.3. The van der Waals surface area contributed by atoms with E-state index in [1.165, 1.54) is 12.3 Å². The van der Waals surface area contributed by atoms with Crippen molar-refractivity contribution in [1.82, 2.24) is 9.99 Å². The van der Waals surface area contributed by atoms with Crippen LogP contribution in [0.5, 0.6) is 5.75 Å². The highest BCUT2D eigenvalue weighted by Gasteiger charge is 2.11. The Morgan fingerprint density at radius 3 is 2.56 bits per heavy atom. The lowest BCUT2D eigenvalue weighted by Gasteiger charge is -2.09. The topological polar surface area (TPSA) is 66.6 Å². The molecule has 7 heteroatoms. The van der Waals surface area contributed by atoms with Gasteiger partial charge in [0.2, 0.25) is 0 Å². The van der Waals surface area contributed by atoms with E-state index in [-0.39, 0.29) is 11.7 Å². The second kappa shape index (κ2) is 7.67. The molecule has 0 spiro atoms. The first-order valence-corrected chi connectivity index (χ1v) is 8.88. The summed E-state index contributed by atoms with van der Waals surface area (Å²) in [7, 11) is 0. The SMILES string of the molecule is O=C(NN=Cc1cc(O)c(Br)cc1Br)c1ccccc1-n1cccc1. The minimum atomic E-state index is -0.321. The molecule has 0 aliphatic heterocycles. The molecule has 2 aromatic carbocycles. The van der Waals surface area contributed by atoms with Crippen LogP contribution in [0.15, 0.2) is 75.0 Å². The molecule has 1 amide bonds. The van der Waals surface area contributed by atoms with E-state index in [0.717, 1.165) is 10.2 Å². The number of nitrogens with one attached hydrogen (secondary N) is 1. The van der Waals surface area contributed by atoms with E-state index < -0.39 is 0 Å². The number of phenolic OH excluding ortho intramolecular Hbond substituents is 1. The summed E-state index contributed by atoms with van der Waals surface area (Å²) in [5.41, 5.74) is 4.43. The zero-order valence-corrected chi connectivity index (χ0v) is 16.0. The van der Waals surface area contributed by atoms with E-state index in [1.54, 1.807) is 18.2 Å². The number of hydrogen-bond donors (Lipinski definition) is 2. The second-order valence-corrected chi connectivity index (χ2v) is 6.84. The minimum absolute atomic E-state index is 0.0916. The Bertz CT molecular complexity index is 937. The Labute approximate surface area is 161 Å². The van der Waals surface area contributed by atoms with Crippen LogP contribution in [-0.2, 0) is 0 Å². The molecular formula is C18H13Br2N3O2. The summed E-state index contributed by atoms with van der Waals surface area (Å²) < 4.78 is 3.17. The predicted octanol–water partition coefficient (Wildman–Crippen LogP) is 4.47. The fourth-order valence-corrected chi connectivity index (χ4v) is 3.36. The first kappa shape index (κ1) is 17.4.